The molecule has 0 bridgehead atoms. The first-order valence-electron chi connectivity index (χ1n) is 1.63. The minimum Gasteiger partial charge on any atom is -0.269 e. The monoisotopic (exact) mass is 185 g/mol. The summed E-state index contributed by atoms with van der Waals surface area (Å²) in [4.78, 5) is 0. The average Bonchev–Trinajstić information content (AvgIpc) is 1.19. The molecule has 0 aromatic rings. The van der Waals surface area contributed by atoms with Crippen LogP contribution >= 0.6 is 0 Å². The van der Waals surface area contributed by atoms with Crippen molar-refractivity contribution in [2.24, 2.45) is 5.14 Å². The number of hydrogen-bond acceptors (Lipinski definition) is 2. The van der Waals surface area contributed by atoms with Crippen molar-refractivity contribution in [2.75, 3.05) is 6.26 Å². The summed E-state index contributed by atoms with van der Waals surface area (Å²) in [7, 11) is -3.17. The molecule has 0 radical (unpaired) electrons. The summed E-state index contributed by atoms with van der Waals surface area (Å²) in [6.07, 6.45) is 0.938. The molecule has 0 aromatic heterocycles. The first-order chi connectivity index (χ1) is 3.73. The van der Waals surface area contributed by atoms with Gasteiger partial charge in [-0.25, -0.2) is 13.6 Å². The lowest BCUT2D eigenvalue weighted by atomic mass is 11.6. The third kappa shape index (κ3) is 2450. The smallest absolute Gasteiger partial charge is 0.269 e. The van der Waals surface area contributed by atoms with Crippen LogP contribution in [0.2, 0.25) is 0 Å². The summed E-state index contributed by atoms with van der Waals surface area (Å²) in [5.41, 5.74) is 0. The molecule has 0 saturated carbocycles. The van der Waals surface area contributed by atoms with Crippen molar-refractivity contribution in [3.63, 3.8) is 0 Å². The predicted molar refractivity (Wildman–Crippen MR) is 28.6 cm³/mol. The Hall–Kier alpha value is -0.370. The van der Waals surface area contributed by atoms with Gasteiger partial charge in [0.2, 0.25) is 10.0 Å². The molecule has 0 atom stereocenters. The fraction of sp³-hybridized carbons (Fsp3) is 1.00. The highest BCUT2D eigenvalue weighted by Crippen LogP contribution is 1.87. The molecule has 66 valence electrons. The van der Waals surface area contributed by atoms with Crippen LogP contribution in [-0.2, 0) is 10.0 Å². The van der Waals surface area contributed by atoms with E-state index in [0.29, 0.717) is 0 Å². The summed E-state index contributed by atoms with van der Waals surface area (Å²) in [6, 6.07) is 0. The summed E-state index contributed by atoms with van der Waals surface area (Å²) >= 11 is 0. The highest BCUT2D eigenvalue weighted by Gasteiger charge is 1.86. The van der Waals surface area contributed by atoms with E-state index in [4.69, 9.17) is 0 Å². The number of hydrogen-bond donors (Lipinski definition) is 1. The standard InChI is InChI=1S/CHF3.CH5NO2S.FH/c2-1(3)4;1-5(2,3)4;/h1H;1H3,(H2,2,3,4);1H. The van der Waals surface area contributed by atoms with Crippen LogP contribution < -0.4 is 5.14 Å². The van der Waals surface area contributed by atoms with E-state index in [1.165, 1.54) is 0 Å². The van der Waals surface area contributed by atoms with E-state index in [2.05, 4.69) is 5.14 Å². The van der Waals surface area contributed by atoms with E-state index in [0.717, 1.165) is 6.26 Å². The van der Waals surface area contributed by atoms with Gasteiger partial charge in [-0.15, -0.1) is 0 Å². The first-order valence-corrected chi connectivity index (χ1v) is 3.59. The molecule has 0 saturated heterocycles. The van der Waals surface area contributed by atoms with Crippen LogP contribution in [0.4, 0.5) is 17.9 Å². The van der Waals surface area contributed by atoms with E-state index in [-0.39, 0.29) is 4.70 Å². The maximum Gasteiger partial charge on any atom is 0.379 e. The Morgan fingerprint density at radius 3 is 1.30 bits per heavy atom. The maximum atomic E-state index is 9.67. The Morgan fingerprint density at radius 1 is 1.30 bits per heavy atom. The molecule has 0 aliphatic rings. The highest BCUT2D eigenvalue weighted by molar-refractivity contribution is 7.88. The predicted octanol–water partition coefficient (Wildman–Crippen LogP) is 0.236. The lowest BCUT2D eigenvalue weighted by molar-refractivity contribution is 0.00819. The first kappa shape index (κ1) is 16.3. The van der Waals surface area contributed by atoms with Gasteiger partial charge in [-0.05, 0) is 0 Å². The molecule has 0 aliphatic carbocycles. The van der Waals surface area contributed by atoms with Crippen molar-refractivity contribution in [1.29, 1.82) is 0 Å². The molecular weight excluding hydrogens is 178 g/mol. The molecule has 0 fully saturated rings. The van der Waals surface area contributed by atoms with Crippen molar-refractivity contribution in [3.8, 4) is 0 Å². The Labute approximate surface area is 55.4 Å². The number of halogens is 4. The fourth-order valence-corrected chi connectivity index (χ4v) is 0. The number of rotatable bonds is 0. The molecule has 8 heteroatoms. The van der Waals surface area contributed by atoms with Gasteiger partial charge in [-0.1, -0.05) is 0 Å². The van der Waals surface area contributed by atoms with Crippen LogP contribution in [0.25, 0.3) is 0 Å². The fourth-order valence-electron chi connectivity index (χ4n) is 0. The summed E-state index contributed by atoms with van der Waals surface area (Å²) in [5.74, 6) is 0. The van der Waals surface area contributed by atoms with Gasteiger partial charge in [0.25, 0.3) is 0 Å². The third-order valence-electron chi connectivity index (χ3n) is 0. The van der Waals surface area contributed by atoms with Gasteiger partial charge < -0.3 is 0 Å². The second-order valence-electron chi connectivity index (χ2n) is 1.08. The van der Waals surface area contributed by atoms with Gasteiger partial charge >= 0.3 is 6.68 Å². The maximum absolute atomic E-state index is 9.67. The molecule has 0 spiro atoms. The van der Waals surface area contributed by atoms with Gasteiger partial charge in [-0.3, -0.25) is 4.70 Å². The van der Waals surface area contributed by atoms with Crippen LogP contribution in [0.15, 0.2) is 0 Å². The number of primary sulfonamides is 1. The van der Waals surface area contributed by atoms with Gasteiger partial charge in [0, 0.05) is 0 Å². The van der Waals surface area contributed by atoms with Gasteiger partial charge in [0.15, 0.2) is 0 Å². The second kappa shape index (κ2) is 6.75. The van der Waals surface area contributed by atoms with Crippen molar-refractivity contribution < 1.29 is 26.3 Å². The Balaban J connectivity index is -0.0000000910. The van der Waals surface area contributed by atoms with E-state index in [1.54, 1.807) is 0 Å². The molecule has 0 aliphatic heterocycles. The Morgan fingerprint density at radius 2 is 1.30 bits per heavy atom. The normalized spacial score (nSPS) is 9.40. The van der Waals surface area contributed by atoms with E-state index in [9.17, 15) is 21.6 Å². The van der Waals surface area contributed by atoms with Gasteiger partial charge in [-0.2, -0.15) is 13.2 Å². The van der Waals surface area contributed by atoms with E-state index < -0.39 is 16.7 Å². The highest BCUT2D eigenvalue weighted by atomic mass is 32.2. The number of sulfonamides is 1. The minimum absolute atomic E-state index is 0. The summed E-state index contributed by atoms with van der Waals surface area (Å²) in [6.45, 7) is -3.67. The molecule has 0 unspecified atom stereocenters. The second-order valence-corrected chi connectivity index (χ2v) is 2.74. The van der Waals surface area contributed by atoms with Crippen LogP contribution in [0.3, 0.4) is 0 Å². The lowest BCUT2D eigenvalue weighted by Gasteiger charge is -1.71. The minimum atomic E-state index is -3.67. The molecule has 0 amide bonds. The number of nitrogens with two attached hydrogens (primary N) is 1. The van der Waals surface area contributed by atoms with E-state index in [1.807, 2.05) is 0 Å². The van der Waals surface area contributed by atoms with E-state index >= 15 is 0 Å². The SMILES string of the molecule is CS(N)(=O)=O.F.FC(F)F. The van der Waals surface area contributed by atoms with Crippen molar-refractivity contribution in [1.82, 2.24) is 0 Å². The van der Waals surface area contributed by atoms with Crippen molar-refractivity contribution >= 4 is 10.0 Å². The molecule has 10 heavy (non-hydrogen) atoms. The largest absolute Gasteiger partial charge is 0.379 e. The quantitative estimate of drug-likeness (QED) is 0.549. The summed E-state index contributed by atoms with van der Waals surface area (Å²) in [5, 5.41) is 4.33. The Kier molecular flexibility index (Phi) is 11.0. The zero-order valence-corrected chi connectivity index (χ0v) is 5.74. The van der Waals surface area contributed by atoms with Crippen molar-refractivity contribution in [3.05, 3.63) is 0 Å². The van der Waals surface area contributed by atoms with Crippen molar-refractivity contribution in [2.45, 2.75) is 6.68 Å². The van der Waals surface area contributed by atoms with Crippen LogP contribution in [0.1, 0.15) is 0 Å². The lowest BCUT2D eigenvalue weighted by Crippen LogP contribution is -2.07. The zero-order valence-electron chi connectivity index (χ0n) is 4.92. The molecule has 3 nitrogen and oxygen atoms in total. The van der Waals surface area contributed by atoms with Crippen LogP contribution in [-0.4, -0.2) is 21.4 Å². The van der Waals surface area contributed by atoms with Crippen LogP contribution in [0.5, 0.6) is 0 Å². The Bertz CT molecular complexity index is 133. The zero-order chi connectivity index (χ0) is 8.08. The molecule has 0 rings (SSSR count). The van der Waals surface area contributed by atoms with Gasteiger partial charge in [0.1, 0.15) is 0 Å². The topological polar surface area (TPSA) is 60.2 Å². The van der Waals surface area contributed by atoms with Crippen LogP contribution in [0, 0.1) is 0 Å². The van der Waals surface area contributed by atoms with Gasteiger partial charge in [0.05, 0.1) is 6.26 Å². The molecular formula is C2H7F4NO2S. The number of alkyl halides is 3. The third-order valence-corrected chi connectivity index (χ3v) is 0. The average molecular weight is 185 g/mol. The molecule has 2 N–H and O–H groups in total. The summed E-state index contributed by atoms with van der Waals surface area (Å²) < 4.78 is 47.8. The molecule has 0 aromatic carbocycles. The molecule has 0 heterocycles.